The first-order valence-corrected chi connectivity index (χ1v) is 9.61. The molecule has 8 heteroatoms. The van der Waals surface area contributed by atoms with E-state index in [0.717, 1.165) is 25.7 Å². The number of urea groups is 1. The van der Waals surface area contributed by atoms with E-state index >= 15 is 0 Å². The molecule has 2 saturated heterocycles. The Morgan fingerprint density at radius 2 is 1.82 bits per heavy atom. The second-order valence-corrected chi connectivity index (χ2v) is 8.02. The summed E-state index contributed by atoms with van der Waals surface area (Å²) in [4.78, 5) is 50.0. The first-order chi connectivity index (χ1) is 13.3. The third kappa shape index (κ3) is 2.83. The third-order valence-electron chi connectivity index (χ3n) is 6.36. The maximum absolute atomic E-state index is 13.2. The van der Waals surface area contributed by atoms with E-state index < -0.39 is 29.5 Å². The lowest BCUT2D eigenvalue weighted by atomic mass is 9.84. The molecule has 148 valence electrons. The molecule has 0 spiro atoms. The van der Waals surface area contributed by atoms with Crippen molar-refractivity contribution in [3.05, 3.63) is 35.4 Å². The average Bonchev–Trinajstić information content (AvgIpc) is 3.19. The molecule has 4 atom stereocenters. The number of likely N-dealkylation sites (tertiary alicyclic amines) is 1. The average molecular weight is 385 g/mol. The molecule has 4 unspecified atom stereocenters. The Hall–Kier alpha value is -2.90. The van der Waals surface area contributed by atoms with Crippen LogP contribution in [0.15, 0.2) is 24.3 Å². The predicted octanol–water partition coefficient (Wildman–Crippen LogP) is 1.60. The molecule has 4 amide bonds. The summed E-state index contributed by atoms with van der Waals surface area (Å²) in [5.74, 6) is -1.46. The molecule has 1 saturated carbocycles. The molecule has 4 rings (SSSR count). The minimum atomic E-state index is -1.19. The molecule has 3 aliphatic rings. The van der Waals surface area contributed by atoms with Gasteiger partial charge in [-0.15, -0.1) is 0 Å². The Balaban J connectivity index is 1.60. The fraction of sp³-hybridized carbons (Fsp3) is 0.500. The quantitative estimate of drug-likeness (QED) is 0.684. The Morgan fingerprint density at radius 3 is 2.43 bits per heavy atom. The minimum absolute atomic E-state index is 0.0283. The SMILES string of the molecule is CC1(c2ccc(C(=O)N3C(C(=O)O)CC4CCCCC43)cc2)NC(=O)NC1=O. The number of fused-ring (bicyclic) bond motifs is 1. The number of imide groups is 1. The standard InChI is InChI=1S/C20H23N3O5/c1-20(18(27)21-19(28)22-20)13-8-6-11(7-9-13)16(24)23-14-5-3-2-4-12(14)10-15(23)17(25)26/h6-9,12,14-15H,2-5,10H2,1H3,(H,25,26)(H2,21,22,27,28). The molecule has 1 aromatic rings. The van der Waals surface area contributed by atoms with Crippen molar-refractivity contribution in [3.63, 3.8) is 0 Å². The minimum Gasteiger partial charge on any atom is -0.480 e. The third-order valence-corrected chi connectivity index (χ3v) is 6.36. The number of carbonyl (C=O) groups excluding carboxylic acids is 3. The van der Waals surface area contributed by atoms with Crippen LogP contribution >= 0.6 is 0 Å². The molecule has 1 aliphatic carbocycles. The van der Waals surface area contributed by atoms with E-state index in [9.17, 15) is 24.3 Å². The van der Waals surface area contributed by atoms with E-state index in [1.54, 1.807) is 36.1 Å². The van der Waals surface area contributed by atoms with E-state index in [0.29, 0.717) is 17.5 Å². The van der Waals surface area contributed by atoms with Crippen LogP contribution in [0.25, 0.3) is 0 Å². The first kappa shape index (κ1) is 18.5. The van der Waals surface area contributed by atoms with Gasteiger partial charge in [0.25, 0.3) is 11.8 Å². The lowest BCUT2D eigenvalue weighted by Crippen LogP contribution is -2.46. The largest absolute Gasteiger partial charge is 0.480 e. The molecule has 3 fully saturated rings. The van der Waals surface area contributed by atoms with Crippen LogP contribution in [-0.2, 0) is 15.1 Å². The van der Waals surface area contributed by atoms with Crippen LogP contribution in [0.2, 0.25) is 0 Å². The van der Waals surface area contributed by atoms with Crippen LogP contribution in [-0.4, -0.2) is 45.9 Å². The van der Waals surface area contributed by atoms with Gasteiger partial charge >= 0.3 is 12.0 Å². The number of carboxylic acid groups (broad SMARTS) is 1. The highest BCUT2D eigenvalue weighted by atomic mass is 16.4. The van der Waals surface area contributed by atoms with Crippen LogP contribution in [0.1, 0.15) is 54.9 Å². The molecule has 1 aromatic carbocycles. The number of benzene rings is 1. The monoisotopic (exact) mass is 385 g/mol. The van der Waals surface area contributed by atoms with E-state index in [2.05, 4.69) is 10.6 Å². The number of nitrogens with zero attached hydrogens (tertiary/aromatic N) is 1. The molecule has 2 aliphatic heterocycles. The van der Waals surface area contributed by atoms with Gasteiger partial charge in [0.05, 0.1) is 0 Å². The van der Waals surface area contributed by atoms with E-state index in [4.69, 9.17) is 0 Å². The summed E-state index contributed by atoms with van der Waals surface area (Å²) in [5, 5.41) is 14.4. The zero-order valence-electron chi connectivity index (χ0n) is 15.6. The van der Waals surface area contributed by atoms with Gasteiger partial charge in [0.1, 0.15) is 11.6 Å². The summed E-state index contributed by atoms with van der Waals surface area (Å²) in [6, 6.07) is 5.06. The van der Waals surface area contributed by atoms with Crippen LogP contribution < -0.4 is 10.6 Å². The van der Waals surface area contributed by atoms with E-state index in [1.807, 2.05) is 0 Å². The highest BCUT2D eigenvalue weighted by molar-refractivity contribution is 6.07. The van der Waals surface area contributed by atoms with Crippen molar-refractivity contribution in [1.29, 1.82) is 0 Å². The molecule has 0 aromatic heterocycles. The summed E-state index contributed by atoms with van der Waals surface area (Å²) in [5.41, 5.74) is -0.251. The van der Waals surface area contributed by atoms with Crippen molar-refractivity contribution in [3.8, 4) is 0 Å². The summed E-state index contributed by atoms with van der Waals surface area (Å²) in [7, 11) is 0. The van der Waals surface area contributed by atoms with E-state index in [-0.39, 0.29) is 17.9 Å². The van der Waals surface area contributed by atoms with Gasteiger partial charge in [-0.2, -0.15) is 0 Å². The second kappa shape index (κ2) is 6.61. The van der Waals surface area contributed by atoms with Gasteiger partial charge in [-0.25, -0.2) is 9.59 Å². The van der Waals surface area contributed by atoms with Crippen molar-refractivity contribution in [2.24, 2.45) is 5.92 Å². The number of carbonyl (C=O) groups is 4. The Morgan fingerprint density at radius 1 is 1.14 bits per heavy atom. The van der Waals surface area contributed by atoms with Gasteiger partial charge in [-0.1, -0.05) is 25.0 Å². The van der Waals surface area contributed by atoms with Gasteiger partial charge in [-0.05, 0) is 49.8 Å². The van der Waals surface area contributed by atoms with Gasteiger partial charge in [0.2, 0.25) is 0 Å². The Labute approximate surface area is 162 Å². The normalized spacial score (nSPS) is 31.9. The summed E-state index contributed by atoms with van der Waals surface area (Å²) in [6.45, 7) is 1.59. The summed E-state index contributed by atoms with van der Waals surface area (Å²) >= 11 is 0. The van der Waals surface area contributed by atoms with Crippen molar-refractivity contribution in [2.45, 2.75) is 56.7 Å². The van der Waals surface area contributed by atoms with Gasteiger partial charge in [0.15, 0.2) is 0 Å². The molecule has 8 nitrogen and oxygen atoms in total. The zero-order chi connectivity index (χ0) is 20.1. The van der Waals surface area contributed by atoms with Gasteiger partial charge < -0.3 is 15.3 Å². The number of amides is 4. The molecule has 0 bridgehead atoms. The highest BCUT2D eigenvalue weighted by Gasteiger charge is 2.48. The Bertz CT molecular complexity index is 852. The smallest absolute Gasteiger partial charge is 0.326 e. The predicted molar refractivity (Wildman–Crippen MR) is 98.4 cm³/mol. The van der Waals surface area contributed by atoms with Crippen LogP contribution in [0.3, 0.4) is 0 Å². The number of rotatable bonds is 3. The van der Waals surface area contributed by atoms with Crippen LogP contribution in [0, 0.1) is 5.92 Å². The summed E-state index contributed by atoms with van der Waals surface area (Å²) < 4.78 is 0. The molecular weight excluding hydrogens is 362 g/mol. The first-order valence-electron chi connectivity index (χ1n) is 9.61. The lowest BCUT2D eigenvalue weighted by molar-refractivity contribution is -0.141. The van der Waals surface area contributed by atoms with E-state index in [1.165, 1.54) is 0 Å². The topological polar surface area (TPSA) is 116 Å². The molecular formula is C20H23N3O5. The molecule has 28 heavy (non-hydrogen) atoms. The number of nitrogens with one attached hydrogen (secondary N) is 2. The molecule has 3 N–H and O–H groups in total. The van der Waals surface area contributed by atoms with Crippen molar-refractivity contribution in [1.82, 2.24) is 15.5 Å². The number of hydrogen-bond acceptors (Lipinski definition) is 4. The number of hydrogen-bond donors (Lipinski definition) is 3. The van der Waals surface area contributed by atoms with Gasteiger partial charge in [0, 0.05) is 11.6 Å². The van der Waals surface area contributed by atoms with Crippen molar-refractivity contribution < 1.29 is 24.3 Å². The number of aliphatic carboxylic acids is 1. The fourth-order valence-corrected chi connectivity index (χ4v) is 4.81. The molecule has 0 radical (unpaired) electrons. The fourth-order valence-electron chi connectivity index (χ4n) is 4.81. The highest BCUT2D eigenvalue weighted by Crippen LogP contribution is 2.40. The number of carboxylic acids is 1. The van der Waals surface area contributed by atoms with Crippen LogP contribution in [0.5, 0.6) is 0 Å². The summed E-state index contributed by atoms with van der Waals surface area (Å²) in [6.07, 6.45) is 4.39. The maximum atomic E-state index is 13.2. The Kier molecular flexibility index (Phi) is 4.36. The van der Waals surface area contributed by atoms with Crippen LogP contribution in [0.4, 0.5) is 4.79 Å². The second-order valence-electron chi connectivity index (χ2n) is 8.02. The van der Waals surface area contributed by atoms with Crippen molar-refractivity contribution in [2.75, 3.05) is 0 Å². The van der Waals surface area contributed by atoms with Crippen molar-refractivity contribution >= 4 is 23.8 Å². The maximum Gasteiger partial charge on any atom is 0.326 e. The molecule has 2 heterocycles. The van der Waals surface area contributed by atoms with Gasteiger partial charge in [-0.3, -0.25) is 14.9 Å². The lowest BCUT2D eigenvalue weighted by Gasteiger charge is -2.33. The zero-order valence-corrected chi connectivity index (χ0v) is 15.6.